The Balaban J connectivity index is 1.79. The SMILES string of the molecule is CCCCN(C)Cc1[nH]nc2ccc(Oc3cccc(OC)c3)cc12. The maximum atomic E-state index is 5.99. The average molecular weight is 339 g/mol. The van der Waals surface area contributed by atoms with Gasteiger partial charge in [-0.05, 0) is 50.3 Å². The number of hydrogen-bond acceptors (Lipinski definition) is 4. The summed E-state index contributed by atoms with van der Waals surface area (Å²) < 4.78 is 11.2. The fourth-order valence-electron chi connectivity index (χ4n) is 2.80. The molecule has 0 aliphatic rings. The van der Waals surface area contributed by atoms with E-state index in [-0.39, 0.29) is 0 Å². The lowest BCUT2D eigenvalue weighted by Gasteiger charge is -2.15. The number of hydrogen-bond donors (Lipinski definition) is 1. The van der Waals surface area contributed by atoms with Crippen LogP contribution in [0.5, 0.6) is 17.2 Å². The van der Waals surface area contributed by atoms with Crippen LogP contribution in [0.25, 0.3) is 10.9 Å². The topological polar surface area (TPSA) is 50.4 Å². The summed E-state index contributed by atoms with van der Waals surface area (Å²) in [5, 5.41) is 8.66. The molecule has 0 saturated heterocycles. The van der Waals surface area contributed by atoms with Gasteiger partial charge < -0.3 is 14.4 Å². The minimum Gasteiger partial charge on any atom is -0.497 e. The Hall–Kier alpha value is -2.53. The zero-order chi connectivity index (χ0) is 17.6. The lowest BCUT2D eigenvalue weighted by molar-refractivity contribution is 0.318. The van der Waals surface area contributed by atoms with Gasteiger partial charge in [0.05, 0.1) is 18.3 Å². The molecule has 0 amide bonds. The number of H-pyrrole nitrogens is 1. The summed E-state index contributed by atoms with van der Waals surface area (Å²) in [6.45, 7) is 4.14. The van der Waals surface area contributed by atoms with Crippen molar-refractivity contribution in [3.8, 4) is 17.2 Å². The standard InChI is InChI=1S/C20H25N3O2/c1-4-5-11-23(2)14-20-18-13-17(9-10-19(18)21-22-20)25-16-8-6-7-15(12-16)24-3/h6-10,12-13H,4-5,11,14H2,1-3H3,(H,21,22). The fraction of sp³-hybridized carbons (Fsp3) is 0.350. The van der Waals surface area contributed by atoms with E-state index >= 15 is 0 Å². The number of methoxy groups -OCH3 is 1. The van der Waals surface area contributed by atoms with Crippen LogP contribution in [-0.4, -0.2) is 35.8 Å². The second kappa shape index (κ2) is 8.03. The first-order valence-electron chi connectivity index (χ1n) is 8.67. The quantitative estimate of drug-likeness (QED) is 0.652. The van der Waals surface area contributed by atoms with Crippen molar-refractivity contribution in [3.05, 3.63) is 48.2 Å². The third-order valence-corrected chi connectivity index (χ3v) is 4.20. The number of aromatic amines is 1. The average Bonchev–Trinajstić information content (AvgIpc) is 3.02. The van der Waals surface area contributed by atoms with Crippen molar-refractivity contribution < 1.29 is 9.47 Å². The third kappa shape index (κ3) is 4.31. The number of fused-ring (bicyclic) bond motifs is 1. The number of unbranched alkanes of at least 4 members (excludes halogenated alkanes) is 1. The van der Waals surface area contributed by atoms with Crippen molar-refractivity contribution in [2.24, 2.45) is 0 Å². The van der Waals surface area contributed by atoms with Crippen LogP contribution in [0.4, 0.5) is 0 Å². The van der Waals surface area contributed by atoms with Gasteiger partial charge >= 0.3 is 0 Å². The van der Waals surface area contributed by atoms with E-state index in [2.05, 4.69) is 29.1 Å². The number of aromatic nitrogens is 2. The first-order valence-corrected chi connectivity index (χ1v) is 8.67. The number of nitrogens with zero attached hydrogens (tertiary/aromatic N) is 2. The molecule has 0 aliphatic carbocycles. The Morgan fingerprint density at radius 2 is 1.88 bits per heavy atom. The van der Waals surface area contributed by atoms with Crippen LogP contribution in [0, 0.1) is 0 Å². The van der Waals surface area contributed by atoms with E-state index in [1.807, 2.05) is 42.5 Å². The van der Waals surface area contributed by atoms with Crippen LogP contribution < -0.4 is 9.47 Å². The highest BCUT2D eigenvalue weighted by Gasteiger charge is 2.10. The lowest BCUT2D eigenvalue weighted by atomic mass is 10.2. The van der Waals surface area contributed by atoms with Crippen molar-refractivity contribution in [2.45, 2.75) is 26.3 Å². The van der Waals surface area contributed by atoms with E-state index in [4.69, 9.17) is 9.47 Å². The summed E-state index contributed by atoms with van der Waals surface area (Å²) in [4.78, 5) is 2.31. The molecule has 25 heavy (non-hydrogen) atoms. The molecule has 5 nitrogen and oxygen atoms in total. The predicted molar refractivity (Wildman–Crippen MR) is 100 cm³/mol. The van der Waals surface area contributed by atoms with Gasteiger partial charge in [-0.2, -0.15) is 5.10 Å². The first kappa shape index (κ1) is 17.3. The van der Waals surface area contributed by atoms with Gasteiger partial charge in [-0.15, -0.1) is 0 Å². The van der Waals surface area contributed by atoms with E-state index in [1.54, 1.807) is 7.11 Å². The second-order valence-electron chi connectivity index (χ2n) is 6.25. The van der Waals surface area contributed by atoms with Crippen molar-refractivity contribution in [1.82, 2.24) is 15.1 Å². The monoisotopic (exact) mass is 339 g/mol. The summed E-state index contributed by atoms with van der Waals surface area (Å²) in [6.07, 6.45) is 2.40. The number of benzene rings is 2. The maximum Gasteiger partial charge on any atom is 0.131 e. The Bertz CT molecular complexity index is 829. The van der Waals surface area contributed by atoms with Gasteiger partial charge in [-0.25, -0.2) is 0 Å². The molecule has 3 aromatic rings. The Kier molecular flexibility index (Phi) is 5.56. The van der Waals surface area contributed by atoms with E-state index < -0.39 is 0 Å². The van der Waals surface area contributed by atoms with Crippen LogP contribution in [-0.2, 0) is 6.54 Å². The maximum absolute atomic E-state index is 5.99. The first-order chi connectivity index (χ1) is 12.2. The predicted octanol–water partition coefficient (Wildman–Crippen LogP) is 4.60. The molecule has 0 aliphatic heterocycles. The van der Waals surface area contributed by atoms with Gasteiger partial charge in [-0.1, -0.05) is 19.4 Å². The van der Waals surface area contributed by atoms with Gasteiger partial charge in [0.15, 0.2) is 0 Å². The molecule has 1 aromatic heterocycles. The molecule has 0 bridgehead atoms. The van der Waals surface area contributed by atoms with Crippen LogP contribution in [0.15, 0.2) is 42.5 Å². The number of ether oxygens (including phenoxy) is 2. The highest BCUT2D eigenvalue weighted by atomic mass is 16.5. The van der Waals surface area contributed by atoms with E-state index in [0.29, 0.717) is 0 Å². The van der Waals surface area contributed by atoms with Gasteiger partial charge in [-0.3, -0.25) is 5.10 Å². The summed E-state index contributed by atoms with van der Waals surface area (Å²) >= 11 is 0. The molecule has 0 saturated carbocycles. The van der Waals surface area contributed by atoms with Crippen molar-refractivity contribution >= 4 is 10.9 Å². The van der Waals surface area contributed by atoms with E-state index in [0.717, 1.165) is 46.9 Å². The minimum absolute atomic E-state index is 0.754. The van der Waals surface area contributed by atoms with E-state index in [9.17, 15) is 0 Å². The number of rotatable bonds is 8. The van der Waals surface area contributed by atoms with Crippen LogP contribution in [0.3, 0.4) is 0 Å². The van der Waals surface area contributed by atoms with Crippen molar-refractivity contribution in [3.63, 3.8) is 0 Å². The van der Waals surface area contributed by atoms with Crippen LogP contribution >= 0.6 is 0 Å². The largest absolute Gasteiger partial charge is 0.497 e. The zero-order valence-electron chi connectivity index (χ0n) is 15.1. The van der Waals surface area contributed by atoms with Crippen LogP contribution in [0.2, 0.25) is 0 Å². The third-order valence-electron chi connectivity index (χ3n) is 4.20. The smallest absolute Gasteiger partial charge is 0.131 e. The molecule has 0 radical (unpaired) electrons. The number of nitrogens with one attached hydrogen (secondary N) is 1. The van der Waals surface area contributed by atoms with Crippen molar-refractivity contribution in [1.29, 1.82) is 0 Å². The highest BCUT2D eigenvalue weighted by Crippen LogP contribution is 2.28. The molecular weight excluding hydrogens is 314 g/mol. The second-order valence-corrected chi connectivity index (χ2v) is 6.25. The van der Waals surface area contributed by atoms with Gasteiger partial charge in [0, 0.05) is 18.0 Å². The zero-order valence-corrected chi connectivity index (χ0v) is 15.1. The Morgan fingerprint density at radius 3 is 2.68 bits per heavy atom. The van der Waals surface area contributed by atoms with Gasteiger partial charge in [0.25, 0.3) is 0 Å². The molecule has 0 fully saturated rings. The lowest BCUT2D eigenvalue weighted by Crippen LogP contribution is -2.19. The summed E-state index contributed by atoms with van der Waals surface area (Å²) in [5.74, 6) is 2.32. The molecule has 132 valence electrons. The molecule has 0 unspecified atom stereocenters. The summed E-state index contributed by atoms with van der Waals surface area (Å²) in [7, 11) is 3.79. The molecule has 0 atom stereocenters. The van der Waals surface area contributed by atoms with Crippen molar-refractivity contribution in [2.75, 3.05) is 20.7 Å². The summed E-state index contributed by atoms with van der Waals surface area (Å²) in [6, 6.07) is 13.6. The molecular formula is C20H25N3O2. The Morgan fingerprint density at radius 1 is 1.08 bits per heavy atom. The minimum atomic E-state index is 0.754. The molecule has 3 rings (SSSR count). The summed E-state index contributed by atoms with van der Waals surface area (Å²) in [5.41, 5.74) is 2.07. The van der Waals surface area contributed by atoms with Gasteiger partial charge in [0.2, 0.25) is 0 Å². The molecule has 1 heterocycles. The van der Waals surface area contributed by atoms with Crippen LogP contribution in [0.1, 0.15) is 25.5 Å². The molecule has 1 N–H and O–H groups in total. The fourth-order valence-corrected chi connectivity index (χ4v) is 2.80. The highest BCUT2D eigenvalue weighted by molar-refractivity contribution is 5.82. The normalized spacial score (nSPS) is 11.2. The molecule has 0 spiro atoms. The van der Waals surface area contributed by atoms with Gasteiger partial charge in [0.1, 0.15) is 17.2 Å². The molecule has 2 aromatic carbocycles. The van der Waals surface area contributed by atoms with E-state index in [1.165, 1.54) is 12.8 Å². The Labute approximate surface area is 148 Å². The molecule has 5 heteroatoms.